The van der Waals surface area contributed by atoms with Crippen LogP contribution in [0.2, 0.25) is 0 Å². The minimum absolute atomic E-state index is 0.000571. The van der Waals surface area contributed by atoms with Crippen LogP contribution >= 0.6 is 0 Å². The van der Waals surface area contributed by atoms with E-state index in [0.717, 1.165) is 19.3 Å². The van der Waals surface area contributed by atoms with E-state index in [9.17, 15) is 9.59 Å². The number of hydrogen-bond acceptors (Lipinski definition) is 6. The first-order valence-corrected chi connectivity index (χ1v) is 11.4. The van der Waals surface area contributed by atoms with E-state index < -0.39 is 0 Å². The highest BCUT2D eigenvalue weighted by molar-refractivity contribution is 5.95. The quantitative estimate of drug-likeness (QED) is 0.633. The highest BCUT2D eigenvalue weighted by Crippen LogP contribution is 2.33. The molecule has 3 aliphatic rings. The zero-order valence-corrected chi connectivity index (χ0v) is 18.3. The van der Waals surface area contributed by atoms with Gasteiger partial charge in [0.15, 0.2) is 11.5 Å². The maximum absolute atomic E-state index is 13.0. The van der Waals surface area contributed by atoms with Gasteiger partial charge in [0.05, 0.1) is 6.04 Å². The van der Waals surface area contributed by atoms with Gasteiger partial charge in [0.25, 0.3) is 5.91 Å². The average Bonchev–Trinajstić information content (AvgIpc) is 3.48. The molecule has 31 heavy (non-hydrogen) atoms. The molecule has 0 bridgehead atoms. The minimum atomic E-state index is -0.104. The normalized spacial score (nSPS) is 20.1. The van der Waals surface area contributed by atoms with E-state index in [1.165, 1.54) is 12.8 Å². The lowest BCUT2D eigenvalue weighted by Gasteiger charge is -2.40. The van der Waals surface area contributed by atoms with Gasteiger partial charge >= 0.3 is 0 Å². The van der Waals surface area contributed by atoms with Gasteiger partial charge in [0.1, 0.15) is 0 Å². The Balaban J connectivity index is 1.35. The molecule has 1 aromatic rings. The number of carbonyl (C=O) groups excluding carboxylic acids is 2. The van der Waals surface area contributed by atoms with Crippen LogP contribution in [0, 0.1) is 5.92 Å². The first-order valence-electron chi connectivity index (χ1n) is 11.4. The van der Waals surface area contributed by atoms with Crippen LogP contribution in [0.5, 0.6) is 11.5 Å². The van der Waals surface area contributed by atoms with Gasteiger partial charge in [-0.15, -0.1) is 0 Å². The fourth-order valence-corrected chi connectivity index (χ4v) is 4.90. The van der Waals surface area contributed by atoms with Crippen molar-refractivity contribution in [3.05, 3.63) is 23.8 Å². The molecule has 1 saturated heterocycles. The van der Waals surface area contributed by atoms with Crippen molar-refractivity contribution in [1.82, 2.24) is 15.1 Å². The second-order valence-corrected chi connectivity index (χ2v) is 8.52. The average molecular weight is 432 g/mol. The molecule has 1 saturated carbocycles. The summed E-state index contributed by atoms with van der Waals surface area (Å²) >= 11 is 0. The van der Waals surface area contributed by atoms with Gasteiger partial charge in [-0.3, -0.25) is 14.5 Å². The summed E-state index contributed by atoms with van der Waals surface area (Å²) in [5.41, 5.74) is 0.612. The SMILES string of the molecule is COCCCNC(=O)[C@@H](C1CCCC1)N1CCN(C(=O)c2ccc3c(c2)OCO3)CC1. The van der Waals surface area contributed by atoms with Crippen LogP contribution in [0.1, 0.15) is 42.5 Å². The summed E-state index contributed by atoms with van der Waals surface area (Å²) in [6.07, 6.45) is 5.41. The molecule has 4 rings (SSSR count). The van der Waals surface area contributed by atoms with Crippen LogP contribution < -0.4 is 14.8 Å². The number of nitrogens with zero attached hydrogens (tertiary/aromatic N) is 2. The molecule has 8 heteroatoms. The molecule has 2 amide bonds. The second-order valence-electron chi connectivity index (χ2n) is 8.52. The molecule has 170 valence electrons. The third kappa shape index (κ3) is 5.13. The van der Waals surface area contributed by atoms with Crippen molar-refractivity contribution in [2.24, 2.45) is 5.92 Å². The van der Waals surface area contributed by atoms with E-state index in [2.05, 4.69) is 10.2 Å². The van der Waals surface area contributed by atoms with Crippen molar-refractivity contribution < 1.29 is 23.8 Å². The molecule has 0 radical (unpaired) electrons. The van der Waals surface area contributed by atoms with E-state index in [1.54, 1.807) is 25.3 Å². The van der Waals surface area contributed by atoms with Crippen molar-refractivity contribution in [1.29, 1.82) is 0 Å². The van der Waals surface area contributed by atoms with Crippen LogP contribution in [0.15, 0.2) is 18.2 Å². The molecule has 0 unspecified atom stereocenters. The van der Waals surface area contributed by atoms with Gasteiger partial charge in [-0.25, -0.2) is 0 Å². The fourth-order valence-electron chi connectivity index (χ4n) is 4.90. The lowest BCUT2D eigenvalue weighted by molar-refractivity contribution is -0.129. The smallest absolute Gasteiger partial charge is 0.254 e. The molecule has 1 N–H and O–H groups in total. The Morgan fingerprint density at radius 3 is 2.61 bits per heavy atom. The third-order valence-corrected chi connectivity index (χ3v) is 6.55. The predicted octanol–water partition coefficient (Wildman–Crippen LogP) is 1.88. The highest BCUT2D eigenvalue weighted by Gasteiger charge is 2.37. The summed E-state index contributed by atoms with van der Waals surface area (Å²) in [5, 5.41) is 3.11. The zero-order chi connectivity index (χ0) is 21.6. The number of ether oxygens (including phenoxy) is 3. The van der Waals surface area contributed by atoms with Gasteiger partial charge < -0.3 is 24.4 Å². The number of carbonyl (C=O) groups is 2. The topological polar surface area (TPSA) is 80.3 Å². The molecule has 1 aromatic carbocycles. The van der Waals surface area contributed by atoms with E-state index in [-0.39, 0.29) is 24.6 Å². The summed E-state index contributed by atoms with van der Waals surface area (Å²) in [6, 6.07) is 5.23. The summed E-state index contributed by atoms with van der Waals surface area (Å²) in [6.45, 7) is 4.14. The molecule has 0 aromatic heterocycles. The molecule has 2 fully saturated rings. The fraction of sp³-hybridized carbons (Fsp3) is 0.652. The first-order chi connectivity index (χ1) is 15.2. The van der Waals surface area contributed by atoms with E-state index in [1.807, 2.05) is 4.90 Å². The minimum Gasteiger partial charge on any atom is -0.454 e. The van der Waals surface area contributed by atoms with Crippen molar-refractivity contribution in [3.63, 3.8) is 0 Å². The molecule has 0 spiro atoms. The molecular formula is C23H33N3O5. The number of methoxy groups -OCH3 is 1. The predicted molar refractivity (Wildman–Crippen MR) is 115 cm³/mol. The van der Waals surface area contributed by atoms with E-state index in [0.29, 0.717) is 62.3 Å². The molecule has 2 aliphatic heterocycles. The summed E-state index contributed by atoms with van der Waals surface area (Å²) in [5.74, 6) is 1.82. The van der Waals surface area contributed by atoms with E-state index in [4.69, 9.17) is 14.2 Å². The number of benzene rings is 1. The largest absolute Gasteiger partial charge is 0.454 e. The Morgan fingerprint density at radius 2 is 1.87 bits per heavy atom. The maximum atomic E-state index is 13.0. The Morgan fingerprint density at radius 1 is 1.13 bits per heavy atom. The Hall–Kier alpha value is -2.32. The number of piperazine rings is 1. The second kappa shape index (κ2) is 10.3. The Bertz CT molecular complexity index is 772. The Labute approximate surface area is 183 Å². The van der Waals surface area contributed by atoms with Crippen LogP contribution in [0.4, 0.5) is 0 Å². The van der Waals surface area contributed by atoms with Gasteiger partial charge in [0, 0.05) is 52.0 Å². The van der Waals surface area contributed by atoms with Crippen molar-refractivity contribution in [3.8, 4) is 11.5 Å². The molecule has 1 atom stereocenters. The van der Waals surface area contributed by atoms with E-state index >= 15 is 0 Å². The van der Waals surface area contributed by atoms with Crippen LogP contribution in [-0.2, 0) is 9.53 Å². The molecule has 1 aliphatic carbocycles. The van der Waals surface area contributed by atoms with Crippen molar-refractivity contribution >= 4 is 11.8 Å². The summed E-state index contributed by atoms with van der Waals surface area (Å²) in [4.78, 5) is 30.2. The summed E-state index contributed by atoms with van der Waals surface area (Å²) in [7, 11) is 1.67. The van der Waals surface area contributed by atoms with Gasteiger partial charge in [-0.2, -0.15) is 0 Å². The van der Waals surface area contributed by atoms with Crippen molar-refractivity contribution in [2.45, 2.75) is 38.1 Å². The number of rotatable bonds is 8. The van der Waals surface area contributed by atoms with Gasteiger partial charge in [-0.05, 0) is 43.4 Å². The van der Waals surface area contributed by atoms with Gasteiger partial charge in [-0.1, -0.05) is 12.8 Å². The molecular weight excluding hydrogens is 398 g/mol. The lowest BCUT2D eigenvalue weighted by atomic mass is 9.95. The number of hydrogen-bond donors (Lipinski definition) is 1. The van der Waals surface area contributed by atoms with Crippen LogP contribution in [0.25, 0.3) is 0 Å². The number of fused-ring (bicyclic) bond motifs is 1. The van der Waals surface area contributed by atoms with Crippen molar-refractivity contribution in [2.75, 3.05) is 53.2 Å². The Kier molecular flexibility index (Phi) is 7.29. The number of nitrogens with one attached hydrogen (secondary N) is 1. The monoisotopic (exact) mass is 431 g/mol. The standard InChI is InChI=1S/C23H33N3O5/c1-29-14-4-9-24-22(27)21(17-5-2-3-6-17)25-10-12-26(13-11-25)23(28)18-7-8-19-20(15-18)31-16-30-19/h7-8,15,17,21H,2-6,9-14,16H2,1H3,(H,24,27)/t21-/m1/s1. The van der Waals surface area contributed by atoms with Crippen LogP contribution in [0.3, 0.4) is 0 Å². The van der Waals surface area contributed by atoms with Crippen LogP contribution in [-0.4, -0.2) is 80.9 Å². The molecule has 8 nitrogen and oxygen atoms in total. The third-order valence-electron chi connectivity index (χ3n) is 6.55. The number of amides is 2. The first kappa shape index (κ1) is 21.9. The lowest BCUT2D eigenvalue weighted by Crippen LogP contribution is -2.58. The zero-order valence-electron chi connectivity index (χ0n) is 18.3. The molecule has 2 heterocycles. The highest BCUT2D eigenvalue weighted by atomic mass is 16.7. The van der Waals surface area contributed by atoms with Gasteiger partial charge in [0.2, 0.25) is 12.7 Å². The maximum Gasteiger partial charge on any atom is 0.254 e. The summed E-state index contributed by atoms with van der Waals surface area (Å²) < 4.78 is 15.8.